The maximum atomic E-state index is 11.4. The Bertz CT molecular complexity index is 764. The molecule has 0 heterocycles. The number of thioether (sulfide) groups is 1. The Morgan fingerprint density at radius 1 is 0.815 bits per heavy atom. The zero-order valence-electron chi connectivity index (χ0n) is 15.1. The van der Waals surface area contributed by atoms with Gasteiger partial charge in [-0.05, 0) is 16.7 Å². The monoisotopic (exact) mass is 374 g/mol. The summed E-state index contributed by atoms with van der Waals surface area (Å²) in [4.78, 5) is 11.4. The molecule has 2 nitrogen and oxygen atoms in total. The Balaban J connectivity index is 2.05. The summed E-state index contributed by atoms with van der Waals surface area (Å²) in [5.41, 5.74) is 3.59. The third-order valence-corrected chi connectivity index (χ3v) is 5.86. The predicted octanol–water partition coefficient (Wildman–Crippen LogP) is 5.44. The summed E-state index contributed by atoms with van der Waals surface area (Å²) < 4.78 is 4.83. The summed E-state index contributed by atoms with van der Waals surface area (Å²) in [7, 11) is 0. The van der Waals surface area contributed by atoms with Gasteiger partial charge in [-0.15, -0.1) is 11.8 Å². The quantitative estimate of drug-likeness (QED) is 0.227. The molecule has 0 aromatic heterocycles. The van der Waals surface area contributed by atoms with Crippen molar-refractivity contribution in [1.29, 1.82) is 0 Å². The van der Waals surface area contributed by atoms with Crippen LogP contribution in [0.4, 0.5) is 0 Å². The second-order valence-electron chi connectivity index (χ2n) is 6.00. The van der Waals surface area contributed by atoms with Crippen molar-refractivity contribution >= 4 is 17.7 Å². The lowest BCUT2D eigenvalue weighted by Gasteiger charge is -2.35. The molecule has 0 aliphatic rings. The molecular weight excluding hydrogens is 352 g/mol. The average Bonchev–Trinajstić information content (AvgIpc) is 2.75. The van der Waals surface area contributed by atoms with Gasteiger partial charge in [-0.25, -0.2) is 4.79 Å². The first-order valence-electron chi connectivity index (χ1n) is 8.87. The van der Waals surface area contributed by atoms with Gasteiger partial charge >= 0.3 is 5.97 Å². The van der Waals surface area contributed by atoms with Crippen molar-refractivity contribution in [3.8, 4) is 0 Å². The maximum absolute atomic E-state index is 11.4. The number of carbonyl (C=O) groups excluding carboxylic acids is 1. The second kappa shape index (κ2) is 9.24. The molecule has 27 heavy (non-hydrogen) atoms. The fourth-order valence-corrected chi connectivity index (χ4v) is 4.55. The number of carbonyl (C=O) groups is 1. The van der Waals surface area contributed by atoms with Gasteiger partial charge in [0.1, 0.15) is 6.61 Å². The van der Waals surface area contributed by atoms with Gasteiger partial charge in [0.2, 0.25) is 0 Å². The molecule has 0 saturated heterocycles. The van der Waals surface area contributed by atoms with Crippen molar-refractivity contribution in [2.75, 3.05) is 12.4 Å². The van der Waals surface area contributed by atoms with Gasteiger partial charge in [-0.1, -0.05) is 97.6 Å². The van der Waals surface area contributed by atoms with Crippen molar-refractivity contribution in [1.82, 2.24) is 0 Å². The largest absolute Gasteiger partial charge is 0.462 e. The van der Waals surface area contributed by atoms with Crippen molar-refractivity contribution in [2.45, 2.75) is 4.75 Å². The number of benzene rings is 3. The van der Waals surface area contributed by atoms with Crippen LogP contribution >= 0.6 is 11.8 Å². The lowest BCUT2D eigenvalue weighted by Crippen LogP contribution is -2.26. The highest BCUT2D eigenvalue weighted by Crippen LogP contribution is 2.48. The van der Waals surface area contributed by atoms with Gasteiger partial charge < -0.3 is 4.74 Å². The van der Waals surface area contributed by atoms with Crippen LogP contribution in [0.5, 0.6) is 0 Å². The fraction of sp³-hybridized carbons (Fsp3) is 0.125. The molecule has 0 unspecified atom stereocenters. The van der Waals surface area contributed by atoms with Crippen LogP contribution in [0.1, 0.15) is 16.7 Å². The van der Waals surface area contributed by atoms with E-state index in [0.717, 1.165) is 0 Å². The van der Waals surface area contributed by atoms with E-state index in [9.17, 15) is 4.79 Å². The highest BCUT2D eigenvalue weighted by atomic mass is 32.2. The first-order valence-corrected chi connectivity index (χ1v) is 9.85. The van der Waals surface area contributed by atoms with Gasteiger partial charge in [0, 0.05) is 11.8 Å². The van der Waals surface area contributed by atoms with Gasteiger partial charge in [-0.3, -0.25) is 0 Å². The van der Waals surface area contributed by atoms with Crippen LogP contribution in [0.25, 0.3) is 0 Å². The molecule has 3 heteroatoms. The zero-order valence-corrected chi connectivity index (χ0v) is 15.9. The molecule has 136 valence electrons. The normalized spacial score (nSPS) is 11.0. The van der Waals surface area contributed by atoms with Crippen molar-refractivity contribution in [2.24, 2.45) is 0 Å². The molecule has 0 atom stereocenters. The molecule has 0 radical (unpaired) electrons. The lowest BCUT2D eigenvalue weighted by molar-refractivity contribution is -0.137. The Labute approximate surface area is 164 Å². The van der Waals surface area contributed by atoms with Gasteiger partial charge in [-0.2, -0.15) is 0 Å². The molecule has 0 amide bonds. The summed E-state index contributed by atoms with van der Waals surface area (Å²) in [5, 5.41) is 0. The minimum atomic E-state index is -0.389. The van der Waals surface area contributed by atoms with Crippen molar-refractivity contribution in [3.05, 3.63) is 120 Å². The molecule has 0 saturated carbocycles. The first-order chi connectivity index (χ1) is 13.3. The summed E-state index contributed by atoms with van der Waals surface area (Å²) in [6.45, 7) is 3.79. The Hall–Kier alpha value is -2.78. The predicted molar refractivity (Wildman–Crippen MR) is 113 cm³/mol. The molecule has 0 aliphatic carbocycles. The molecule has 0 N–H and O–H groups in total. The van der Waals surface area contributed by atoms with E-state index >= 15 is 0 Å². The smallest absolute Gasteiger partial charge is 0.330 e. The topological polar surface area (TPSA) is 26.3 Å². The van der Waals surface area contributed by atoms with Crippen LogP contribution in [0.2, 0.25) is 0 Å². The summed E-state index contributed by atoms with van der Waals surface area (Å²) in [6.07, 6.45) is 1.20. The van der Waals surface area contributed by atoms with E-state index in [-0.39, 0.29) is 10.7 Å². The van der Waals surface area contributed by atoms with Crippen LogP contribution in [-0.4, -0.2) is 18.3 Å². The highest BCUT2D eigenvalue weighted by Gasteiger charge is 2.36. The van der Waals surface area contributed by atoms with Gasteiger partial charge in [0.05, 0.1) is 4.75 Å². The third-order valence-electron chi connectivity index (χ3n) is 4.35. The van der Waals surface area contributed by atoms with E-state index in [1.165, 1.54) is 22.8 Å². The van der Waals surface area contributed by atoms with Crippen LogP contribution in [0.15, 0.2) is 104 Å². The van der Waals surface area contributed by atoms with Gasteiger partial charge in [0.15, 0.2) is 0 Å². The molecule has 3 aromatic rings. The summed E-state index contributed by atoms with van der Waals surface area (Å²) in [6, 6.07) is 31.4. The number of hydrogen-bond acceptors (Lipinski definition) is 3. The lowest BCUT2D eigenvalue weighted by atomic mass is 9.84. The van der Waals surface area contributed by atoms with Crippen LogP contribution in [0, 0.1) is 0 Å². The van der Waals surface area contributed by atoms with E-state index in [1.807, 2.05) is 18.2 Å². The third kappa shape index (κ3) is 4.32. The SMILES string of the molecule is C=CC(=O)OCCSC(c1ccccc1)(c1ccccc1)c1ccccc1. The van der Waals surface area contributed by atoms with Crippen molar-refractivity contribution < 1.29 is 9.53 Å². The molecule has 0 spiro atoms. The molecular formula is C24H22O2S. The minimum absolute atomic E-state index is 0.337. The second-order valence-corrected chi connectivity index (χ2v) is 7.31. The van der Waals surface area contributed by atoms with Crippen LogP contribution in [-0.2, 0) is 14.3 Å². The molecule has 0 bridgehead atoms. The summed E-state index contributed by atoms with van der Waals surface area (Å²) >= 11 is 1.77. The first kappa shape index (κ1) is 19.0. The van der Waals surface area contributed by atoms with Crippen LogP contribution in [0.3, 0.4) is 0 Å². The molecule has 0 aliphatic heterocycles. The standard InChI is InChI=1S/C24H22O2S/c1-2-23(25)26-18-19-27-24(20-12-6-3-7-13-20,21-14-8-4-9-15-21)22-16-10-5-11-17-22/h2-17H,1,18-19H2. The number of ether oxygens (including phenoxy) is 1. The van der Waals surface area contributed by atoms with E-state index in [2.05, 4.69) is 79.4 Å². The molecule has 0 fully saturated rings. The Morgan fingerprint density at radius 3 is 1.59 bits per heavy atom. The van der Waals surface area contributed by atoms with E-state index in [4.69, 9.17) is 4.74 Å². The highest BCUT2D eigenvalue weighted by molar-refractivity contribution is 8.00. The number of rotatable bonds is 8. The van der Waals surface area contributed by atoms with E-state index < -0.39 is 0 Å². The van der Waals surface area contributed by atoms with E-state index in [1.54, 1.807) is 11.8 Å². The number of hydrogen-bond donors (Lipinski definition) is 0. The van der Waals surface area contributed by atoms with E-state index in [0.29, 0.717) is 12.4 Å². The minimum Gasteiger partial charge on any atom is -0.462 e. The average molecular weight is 375 g/mol. The number of esters is 1. The fourth-order valence-electron chi connectivity index (χ4n) is 3.16. The molecule has 3 rings (SSSR count). The zero-order chi connectivity index (χ0) is 19.0. The van der Waals surface area contributed by atoms with Crippen LogP contribution < -0.4 is 0 Å². The Kier molecular flexibility index (Phi) is 6.50. The molecule has 3 aromatic carbocycles. The Morgan fingerprint density at radius 2 is 1.22 bits per heavy atom. The maximum Gasteiger partial charge on any atom is 0.330 e. The summed E-state index contributed by atoms with van der Waals surface area (Å²) in [5.74, 6) is 0.276. The van der Waals surface area contributed by atoms with Gasteiger partial charge in [0.25, 0.3) is 0 Å². The van der Waals surface area contributed by atoms with Crippen molar-refractivity contribution in [3.63, 3.8) is 0 Å².